The number of nitrogens with two attached hydrogens (primary N) is 1. The fraction of sp³-hybridized carbons (Fsp3) is 0.542. The standard InChI is InChI=1S/C24H30N4O2.ClH/c25-18-8-4-7-17(15-18)23(30)28-13-11-24(12-14-28)10-9-19-20(24)26-21(27-22(19)29)16-5-2-1-3-6-16;/h1-3,5-6,17-18H,4,7-15,25H2,(H,26,27,29);1H/t17-,18+;/m1./s1. The van der Waals surface area contributed by atoms with Crippen LogP contribution in [0.1, 0.15) is 56.2 Å². The predicted molar refractivity (Wildman–Crippen MR) is 123 cm³/mol. The normalized spacial score (nSPS) is 24.5. The summed E-state index contributed by atoms with van der Waals surface area (Å²) in [6.07, 6.45) is 7.37. The van der Waals surface area contributed by atoms with Gasteiger partial charge in [-0.1, -0.05) is 36.8 Å². The van der Waals surface area contributed by atoms with Gasteiger partial charge in [-0.3, -0.25) is 9.59 Å². The second-order valence-electron chi connectivity index (χ2n) is 9.34. The summed E-state index contributed by atoms with van der Waals surface area (Å²) in [6, 6.07) is 9.99. The molecule has 1 saturated carbocycles. The smallest absolute Gasteiger partial charge is 0.254 e. The van der Waals surface area contributed by atoms with Crippen LogP contribution in [0.25, 0.3) is 11.4 Å². The van der Waals surface area contributed by atoms with Gasteiger partial charge in [-0.25, -0.2) is 4.98 Å². The molecule has 1 aromatic carbocycles. The lowest BCUT2D eigenvalue weighted by Gasteiger charge is -2.41. The number of nitrogens with one attached hydrogen (secondary N) is 1. The number of benzene rings is 1. The van der Waals surface area contributed by atoms with Crippen molar-refractivity contribution >= 4 is 18.3 Å². The number of piperidine rings is 1. The molecule has 1 aliphatic heterocycles. The van der Waals surface area contributed by atoms with Crippen LogP contribution in [0.5, 0.6) is 0 Å². The number of halogens is 1. The Hall–Kier alpha value is -2.18. The van der Waals surface area contributed by atoms with Gasteiger partial charge >= 0.3 is 0 Å². The molecule has 1 aromatic heterocycles. The Morgan fingerprint density at radius 3 is 2.58 bits per heavy atom. The first kappa shape index (κ1) is 22.0. The molecule has 5 rings (SSSR count). The summed E-state index contributed by atoms with van der Waals surface area (Å²) in [5.74, 6) is 1.02. The van der Waals surface area contributed by atoms with Crippen LogP contribution in [-0.4, -0.2) is 39.9 Å². The highest BCUT2D eigenvalue weighted by atomic mass is 35.5. The topological polar surface area (TPSA) is 92.1 Å². The zero-order chi connectivity index (χ0) is 20.7. The molecule has 6 nitrogen and oxygen atoms in total. The number of hydrogen-bond donors (Lipinski definition) is 2. The largest absolute Gasteiger partial charge is 0.342 e. The number of rotatable bonds is 2. The van der Waals surface area contributed by atoms with Crippen molar-refractivity contribution < 1.29 is 4.79 Å². The molecule has 2 fully saturated rings. The zero-order valence-corrected chi connectivity index (χ0v) is 18.6. The van der Waals surface area contributed by atoms with Crippen molar-refractivity contribution in [3.05, 3.63) is 51.9 Å². The molecule has 1 spiro atoms. The van der Waals surface area contributed by atoms with Gasteiger partial charge in [0.15, 0.2) is 0 Å². The van der Waals surface area contributed by atoms with Crippen LogP contribution >= 0.6 is 12.4 Å². The molecule has 2 heterocycles. The molecule has 2 aliphatic carbocycles. The molecule has 2 atom stereocenters. The first-order valence-electron chi connectivity index (χ1n) is 11.3. The van der Waals surface area contributed by atoms with Crippen molar-refractivity contribution in [3.63, 3.8) is 0 Å². The van der Waals surface area contributed by atoms with Crippen molar-refractivity contribution in [1.29, 1.82) is 0 Å². The molecule has 31 heavy (non-hydrogen) atoms. The van der Waals surface area contributed by atoms with Crippen LogP contribution in [0.4, 0.5) is 0 Å². The van der Waals surface area contributed by atoms with E-state index in [0.29, 0.717) is 5.82 Å². The maximum atomic E-state index is 13.0. The molecule has 0 radical (unpaired) electrons. The minimum absolute atomic E-state index is 0. The molecular formula is C24H31ClN4O2. The maximum absolute atomic E-state index is 13.0. The second-order valence-corrected chi connectivity index (χ2v) is 9.34. The van der Waals surface area contributed by atoms with Crippen molar-refractivity contribution in [2.75, 3.05) is 13.1 Å². The molecule has 1 amide bonds. The Morgan fingerprint density at radius 1 is 1.13 bits per heavy atom. The summed E-state index contributed by atoms with van der Waals surface area (Å²) in [5, 5.41) is 0. The van der Waals surface area contributed by atoms with Crippen molar-refractivity contribution in [2.45, 2.75) is 62.8 Å². The minimum atomic E-state index is -0.0765. The lowest BCUT2D eigenvalue weighted by molar-refractivity contribution is -0.138. The Morgan fingerprint density at radius 2 is 1.87 bits per heavy atom. The minimum Gasteiger partial charge on any atom is -0.342 e. The SMILES string of the molecule is Cl.N[C@H]1CCC[C@@H](C(=O)N2CCC3(CCc4c3nc(-c3ccccc3)[nH]c4=O)CC2)C1. The van der Waals surface area contributed by atoms with E-state index in [0.717, 1.165) is 81.3 Å². The van der Waals surface area contributed by atoms with Gasteiger partial charge in [0.05, 0.1) is 5.69 Å². The molecule has 2 aromatic rings. The van der Waals surface area contributed by atoms with E-state index < -0.39 is 0 Å². The number of nitrogens with zero attached hydrogens (tertiary/aromatic N) is 2. The van der Waals surface area contributed by atoms with E-state index >= 15 is 0 Å². The monoisotopic (exact) mass is 442 g/mol. The molecule has 166 valence electrons. The third kappa shape index (κ3) is 4.03. The third-order valence-electron chi connectivity index (χ3n) is 7.51. The Labute approximate surface area is 189 Å². The maximum Gasteiger partial charge on any atom is 0.254 e. The van der Waals surface area contributed by atoms with Crippen LogP contribution in [0.3, 0.4) is 0 Å². The number of likely N-dealkylation sites (tertiary alicyclic amines) is 1. The molecule has 0 unspecified atom stereocenters. The average Bonchev–Trinajstić information content (AvgIpc) is 3.13. The van der Waals surface area contributed by atoms with Gasteiger partial charge in [-0.15, -0.1) is 12.4 Å². The van der Waals surface area contributed by atoms with Gasteiger partial charge in [0, 0.05) is 41.6 Å². The van der Waals surface area contributed by atoms with E-state index in [1.807, 2.05) is 35.2 Å². The first-order valence-corrected chi connectivity index (χ1v) is 11.3. The lowest BCUT2D eigenvalue weighted by atomic mass is 9.75. The van der Waals surface area contributed by atoms with Gasteiger partial charge in [-0.2, -0.15) is 0 Å². The highest BCUT2D eigenvalue weighted by Crippen LogP contribution is 2.45. The summed E-state index contributed by atoms with van der Waals surface area (Å²) >= 11 is 0. The van der Waals surface area contributed by atoms with E-state index in [2.05, 4.69) is 4.98 Å². The molecule has 7 heteroatoms. The van der Waals surface area contributed by atoms with Gasteiger partial charge < -0.3 is 15.6 Å². The quantitative estimate of drug-likeness (QED) is 0.747. The average molecular weight is 443 g/mol. The summed E-state index contributed by atoms with van der Waals surface area (Å²) in [4.78, 5) is 35.8. The molecule has 1 saturated heterocycles. The van der Waals surface area contributed by atoms with Crippen LogP contribution < -0.4 is 11.3 Å². The Bertz CT molecular complexity index is 998. The molecule has 3 aliphatic rings. The molecule has 0 bridgehead atoms. The number of hydrogen-bond acceptors (Lipinski definition) is 4. The number of aromatic amines is 1. The highest BCUT2D eigenvalue weighted by molar-refractivity contribution is 5.85. The summed E-state index contributed by atoms with van der Waals surface area (Å²) in [5.41, 5.74) is 8.76. The van der Waals surface area contributed by atoms with Gasteiger partial charge in [-0.05, 0) is 44.9 Å². The van der Waals surface area contributed by atoms with Crippen LogP contribution in [0.15, 0.2) is 35.1 Å². The third-order valence-corrected chi connectivity index (χ3v) is 7.51. The number of fused-ring (bicyclic) bond motifs is 2. The lowest BCUT2D eigenvalue weighted by Crippen LogP contribution is -2.48. The van der Waals surface area contributed by atoms with Crippen LogP contribution in [-0.2, 0) is 16.6 Å². The number of carbonyl (C=O) groups excluding carboxylic acids is 1. The van der Waals surface area contributed by atoms with Gasteiger partial charge in [0.25, 0.3) is 5.56 Å². The fourth-order valence-corrected chi connectivity index (χ4v) is 5.74. The Kier molecular flexibility index (Phi) is 6.22. The number of carbonyl (C=O) groups is 1. The Balaban J connectivity index is 0.00000231. The van der Waals surface area contributed by atoms with Crippen molar-refractivity contribution in [3.8, 4) is 11.4 Å². The summed E-state index contributed by atoms with van der Waals surface area (Å²) < 4.78 is 0. The molecular weight excluding hydrogens is 412 g/mol. The van der Waals surface area contributed by atoms with Crippen molar-refractivity contribution in [1.82, 2.24) is 14.9 Å². The zero-order valence-electron chi connectivity index (χ0n) is 17.8. The van der Waals surface area contributed by atoms with E-state index in [1.165, 1.54) is 0 Å². The predicted octanol–water partition coefficient (Wildman–Crippen LogP) is 3.18. The molecule has 3 N–H and O–H groups in total. The number of amides is 1. The highest BCUT2D eigenvalue weighted by Gasteiger charge is 2.45. The van der Waals surface area contributed by atoms with Gasteiger partial charge in [0.2, 0.25) is 5.91 Å². The van der Waals surface area contributed by atoms with Crippen molar-refractivity contribution in [2.24, 2.45) is 11.7 Å². The summed E-state index contributed by atoms with van der Waals surface area (Å²) in [7, 11) is 0. The van der Waals surface area contributed by atoms with Crippen LogP contribution in [0.2, 0.25) is 0 Å². The van der Waals surface area contributed by atoms with E-state index in [1.54, 1.807) is 0 Å². The summed E-state index contributed by atoms with van der Waals surface area (Å²) in [6.45, 7) is 1.50. The number of H-pyrrole nitrogens is 1. The van der Waals surface area contributed by atoms with Gasteiger partial charge in [0.1, 0.15) is 5.82 Å². The van der Waals surface area contributed by atoms with E-state index in [-0.39, 0.29) is 41.2 Å². The first-order chi connectivity index (χ1) is 14.6. The van der Waals surface area contributed by atoms with E-state index in [4.69, 9.17) is 10.7 Å². The van der Waals surface area contributed by atoms with E-state index in [9.17, 15) is 9.59 Å². The fourth-order valence-electron chi connectivity index (χ4n) is 5.74. The van der Waals surface area contributed by atoms with Crippen LogP contribution in [0, 0.1) is 5.92 Å². The second kappa shape index (κ2) is 8.75. The number of aromatic nitrogens is 2.